The van der Waals surface area contributed by atoms with E-state index in [-0.39, 0.29) is 18.3 Å². The van der Waals surface area contributed by atoms with Crippen LogP contribution in [0.5, 0.6) is 0 Å². The Kier molecular flexibility index (Phi) is 4.67. The molecule has 2 nitrogen and oxygen atoms in total. The van der Waals surface area contributed by atoms with Crippen molar-refractivity contribution in [3.63, 3.8) is 0 Å². The molecule has 0 atom stereocenters. The Balaban J connectivity index is 1.85. The van der Waals surface area contributed by atoms with Crippen LogP contribution in [0.3, 0.4) is 0 Å². The van der Waals surface area contributed by atoms with Gasteiger partial charge in [0.25, 0.3) is 0 Å². The highest BCUT2D eigenvalue weighted by atomic mass is 16.7. The summed E-state index contributed by atoms with van der Waals surface area (Å²) >= 11 is 0. The Morgan fingerprint density at radius 1 is 0.905 bits per heavy atom. The zero-order chi connectivity index (χ0) is 15.9. The zero-order valence-corrected chi connectivity index (χ0v) is 15.0. The van der Waals surface area contributed by atoms with Crippen molar-refractivity contribution in [1.29, 1.82) is 0 Å². The molecular formula is C18H33BO2. The molecule has 0 bridgehead atoms. The van der Waals surface area contributed by atoms with Gasteiger partial charge in [0, 0.05) is 0 Å². The Morgan fingerprint density at radius 2 is 1.38 bits per heavy atom. The van der Waals surface area contributed by atoms with Crippen molar-refractivity contribution in [2.24, 2.45) is 17.3 Å². The molecule has 2 rings (SSSR count). The lowest BCUT2D eigenvalue weighted by atomic mass is 9.69. The van der Waals surface area contributed by atoms with E-state index < -0.39 is 0 Å². The van der Waals surface area contributed by atoms with E-state index in [0.717, 1.165) is 5.92 Å². The highest BCUT2D eigenvalue weighted by Gasteiger charge is 2.50. The molecule has 2 aliphatic rings. The second-order valence-electron chi connectivity index (χ2n) is 8.99. The largest absolute Gasteiger partial charge is 0.486 e. The number of rotatable bonds is 2. The first-order valence-electron chi connectivity index (χ1n) is 8.55. The molecule has 1 aliphatic carbocycles. The standard InChI is InChI=1S/C18H33BO2/c1-16(2,3)15-10-8-14(9-11-15)12-13-19-20-17(4,5)18(6,7)21-19/h12-15H,8-11H2,1-7H3/b13-12+. The summed E-state index contributed by atoms with van der Waals surface area (Å²) in [6.45, 7) is 15.5. The first-order chi connectivity index (χ1) is 9.51. The zero-order valence-electron chi connectivity index (χ0n) is 15.0. The molecule has 1 saturated heterocycles. The van der Waals surface area contributed by atoms with E-state index in [2.05, 4.69) is 60.5 Å². The van der Waals surface area contributed by atoms with E-state index in [1.807, 2.05) is 0 Å². The maximum atomic E-state index is 6.02. The van der Waals surface area contributed by atoms with Crippen LogP contribution in [0.2, 0.25) is 0 Å². The van der Waals surface area contributed by atoms with Gasteiger partial charge >= 0.3 is 7.12 Å². The van der Waals surface area contributed by atoms with Crippen molar-refractivity contribution in [1.82, 2.24) is 0 Å². The highest BCUT2D eigenvalue weighted by Crippen LogP contribution is 2.41. The summed E-state index contributed by atoms with van der Waals surface area (Å²) in [6, 6.07) is 0. The molecule has 0 aromatic carbocycles. The Morgan fingerprint density at radius 3 is 1.81 bits per heavy atom. The first-order valence-corrected chi connectivity index (χ1v) is 8.55. The second kappa shape index (κ2) is 5.74. The second-order valence-corrected chi connectivity index (χ2v) is 8.99. The van der Waals surface area contributed by atoms with E-state index in [9.17, 15) is 0 Å². The maximum absolute atomic E-state index is 6.02. The van der Waals surface area contributed by atoms with Crippen LogP contribution in [-0.2, 0) is 9.31 Å². The maximum Gasteiger partial charge on any atom is 0.486 e. The quantitative estimate of drug-likeness (QED) is 0.665. The average molecular weight is 292 g/mol. The number of hydrogen-bond acceptors (Lipinski definition) is 2. The Labute approximate surface area is 131 Å². The van der Waals surface area contributed by atoms with Gasteiger partial charge in [0.15, 0.2) is 0 Å². The lowest BCUT2D eigenvalue weighted by molar-refractivity contribution is 0.00578. The summed E-state index contributed by atoms with van der Waals surface area (Å²) in [4.78, 5) is 0. The summed E-state index contributed by atoms with van der Waals surface area (Å²) < 4.78 is 12.0. The molecule has 2 fully saturated rings. The number of allylic oxidation sites excluding steroid dienone is 1. The molecule has 120 valence electrons. The van der Waals surface area contributed by atoms with Crippen LogP contribution >= 0.6 is 0 Å². The minimum Gasteiger partial charge on any atom is -0.400 e. The molecular weight excluding hydrogens is 259 g/mol. The molecule has 0 N–H and O–H groups in total. The third-order valence-corrected chi connectivity index (χ3v) is 5.81. The monoisotopic (exact) mass is 292 g/mol. The Hall–Kier alpha value is -0.275. The molecule has 0 aromatic heterocycles. The summed E-state index contributed by atoms with van der Waals surface area (Å²) in [5.41, 5.74) is -0.00178. The predicted octanol–water partition coefficient (Wildman–Crippen LogP) is 5.03. The van der Waals surface area contributed by atoms with Gasteiger partial charge in [0.1, 0.15) is 0 Å². The van der Waals surface area contributed by atoms with Crippen LogP contribution in [0.4, 0.5) is 0 Å². The van der Waals surface area contributed by atoms with E-state index in [0.29, 0.717) is 11.3 Å². The van der Waals surface area contributed by atoms with Gasteiger partial charge in [-0.2, -0.15) is 0 Å². The molecule has 21 heavy (non-hydrogen) atoms. The molecule has 0 amide bonds. The van der Waals surface area contributed by atoms with Crippen LogP contribution in [0.15, 0.2) is 12.1 Å². The first kappa shape index (κ1) is 17.1. The summed E-state index contributed by atoms with van der Waals surface area (Å²) in [5.74, 6) is 3.71. The van der Waals surface area contributed by atoms with Gasteiger partial charge in [0.05, 0.1) is 11.2 Å². The minimum atomic E-state index is -0.230. The van der Waals surface area contributed by atoms with E-state index in [4.69, 9.17) is 9.31 Å². The molecule has 1 aliphatic heterocycles. The fourth-order valence-corrected chi connectivity index (χ4v) is 3.39. The number of hydrogen-bond donors (Lipinski definition) is 0. The molecule has 3 heteroatoms. The van der Waals surface area contributed by atoms with Gasteiger partial charge in [-0.1, -0.05) is 32.8 Å². The van der Waals surface area contributed by atoms with Crippen molar-refractivity contribution in [2.45, 2.75) is 85.4 Å². The van der Waals surface area contributed by atoms with Gasteiger partial charge in [0.2, 0.25) is 0 Å². The van der Waals surface area contributed by atoms with Crippen LogP contribution in [0.1, 0.15) is 74.1 Å². The topological polar surface area (TPSA) is 18.5 Å². The fraction of sp³-hybridized carbons (Fsp3) is 0.889. The van der Waals surface area contributed by atoms with Crippen molar-refractivity contribution < 1.29 is 9.31 Å². The minimum absolute atomic E-state index is 0.185. The molecule has 0 spiro atoms. The lowest BCUT2D eigenvalue weighted by Gasteiger charge is -2.36. The van der Waals surface area contributed by atoms with Crippen LogP contribution in [0, 0.1) is 17.3 Å². The molecule has 1 heterocycles. The van der Waals surface area contributed by atoms with Crippen molar-refractivity contribution >= 4 is 7.12 Å². The van der Waals surface area contributed by atoms with Crippen molar-refractivity contribution in [3.05, 3.63) is 12.1 Å². The average Bonchev–Trinajstić information content (AvgIpc) is 2.55. The van der Waals surface area contributed by atoms with Gasteiger partial charge in [-0.15, -0.1) is 0 Å². The van der Waals surface area contributed by atoms with E-state index >= 15 is 0 Å². The summed E-state index contributed by atoms with van der Waals surface area (Å²) in [7, 11) is -0.185. The lowest BCUT2D eigenvalue weighted by Crippen LogP contribution is -2.41. The van der Waals surface area contributed by atoms with Crippen LogP contribution < -0.4 is 0 Å². The normalized spacial score (nSPS) is 32.8. The predicted molar refractivity (Wildman–Crippen MR) is 90.1 cm³/mol. The van der Waals surface area contributed by atoms with Crippen molar-refractivity contribution in [3.8, 4) is 0 Å². The molecule has 0 aromatic rings. The SMILES string of the molecule is CC(C)(C)C1CCC(/C=C/B2OC(C)(C)C(C)(C)O2)CC1. The van der Waals surface area contributed by atoms with E-state index in [1.165, 1.54) is 25.7 Å². The van der Waals surface area contributed by atoms with Crippen LogP contribution in [-0.4, -0.2) is 18.3 Å². The van der Waals surface area contributed by atoms with Gasteiger partial charge in [-0.05, 0) is 70.6 Å². The third-order valence-electron chi connectivity index (χ3n) is 5.81. The van der Waals surface area contributed by atoms with Gasteiger partial charge in [-0.3, -0.25) is 0 Å². The molecule has 0 radical (unpaired) electrons. The van der Waals surface area contributed by atoms with Gasteiger partial charge < -0.3 is 9.31 Å². The van der Waals surface area contributed by atoms with E-state index in [1.54, 1.807) is 0 Å². The summed E-state index contributed by atoms with van der Waals surface area (Å²) in [5, 5.41) is 0. The molecule has 0 unspecified atom stereocenters. The van der Waals surface area contributed by atoms with Gasteiger partial charge in [-0.25, -0.2) is 0 Å². The Bertz CT molecular complexity index is 369. The summed E-state index contributed by atoms with van der Waals surface area (Å²) in [6.07, 6.45) is 7.64. The fourth-order valence-electron chi connectivity index (χ4n) is 3.39. The smallest absolute Gasteiger partial charge is 0.400 e. The van der Waals surface area contributed by atoms with Crippen LogP contribution in [0.25, 0.3) is 0 Å². The van der Waals surface area contributed by atoms with Crippen molar-refractivity contribution in [2.75, 3.05) is 0 Å². The molecule has 1 saturated carbocycles. The third kappa shape index (κ3) is 3.93. The highest BCUT2D eigenvalue weighted by molar-refractivity contribution is 6.51.